The SMILES string of the molecule is CCCC(=O)N(Cc1ccccn1)c1nc2cc(C)cc(C)c2s1. The number of nitrogens with zero attached hydrogens (tertiary/aromatic N) is 3. The van der Waals surface area contributed by atoms with Gasteiger partial charge in [0.15, 0.2) is 5.13 Å². The van der Waals surface area contributed by atoms with Crippen LogP contribution in [0.1, 0.15) is 36.6 Å². The second-order valence-electron chi connectivity index (χ2n) is 5.98. The molecule has 0 N–H and O–H groups in total. The van der Waals surface area contributed by atoms with Gasteiger partial charge in [0.2, 0.25) is 5.91 Å². The first kappa shape index (κ1) is 16.6. The van der Waals surface area contributed by atoms with Crippen LogP contribution in [0.25, 0.3) is 10.2 Å². The maximum absolute atomic E-state index is 12.6. The quantitative estimate of drug-likeness (QED) is 0.680. The van der Waals surface area contributed by atoms with Gasteiger partial charge in [-0.3, -0.25) is 14.7 Å². The van der Waals surface area contributed by atoms with Gasteiger partial charge in [-0.1, -0.05) is 30.4 Å². The zero-order valence-corrected chi connectivity index (χ0v) is 15.1. The van der Waals surface area contributed by atoms with Crippen LogP contribution in [0.2, 0.25) is 0 Å². The molecule has 4 nitrogen and oxygen atoms in total. The molecule has 0 aliphatic heterocycles. The van der Waals surface area contributed by atoms with Crippen molar-refractivity contribution in [2.45, 2.75) is 40.2 Å². The van der Waals surface area contributed by atoms with Crippen LogP contribution < -0.4 is 4.90 Å². The molecule has 0 aliphatic carbocycles. The molecule has 0 radical (unpaired) electrons. The molecule has 0 atom stereocenters. The number of benzene rings is 1. The largest absolute Gasteiger partial charge is 0.282 e. The molecule has 0 fully saturated rings. The Morgan fingerprint density at radius 3 is 2.79 bits per heavy atom. The summed E-state index contributed by atoms with van der Waals surface area (Å²) >= 11 is 1.58. The lowest BCUT2D eigenvalue weighted by molar-refractivity contribution is -0.118. The number of aryl methyl sites for hydroxylation is 2. The topological polar surface area (TPSA) is 46.1 Å². The third kappa shape index (κ3) is 3.46. The minimum atomic E-state index is 0.0941. The Morgan fingerprint density at radius 1 is 1.25 bits per heavy atom. The average molecular weight is 339 g/mol. The lowest BCUT2D eigenvalue weighted by Crippen LogP contribution is -2.30. The summed E-state index contributed by atoms with van der Waals surface area (Å²) in [6.45, 7) is 6.63. The number of fused-ring (bicyclic) bond motifs is 1. The Hall–Kier alpha value is -2.27. The highest BCUT2D eigenvalue weighted by molar-refractivity contribution is 7.22. The zero-order valence-electron chi connectivity index (χ0n) is 14.2. The third-order valence-electron chi connectivity index (χ3n) is 3.85. The van der Waals surface area contributed by atoms with Crippen LogP contribution in [0.5, 0.6) is 0 Å². The maximum atomic E-state index is 12.6. The number of amides is 1. The van der Waals surface area contributed by atoms with Gasteiger partial charge in [-0.05, 0) is 49.6 Å². The molecule has 2 heterocycles. The number of pyridine rings is 1. The molecule has 2 aromatic heterocycles. The van der Waals surface area contributed by atoms with Crippen LogP contribution in [0.4, 0.5) is 5.13 Å². The molecule has 124 valence electrons. The first-order valence-corrected chi connectivity index (χ1v) is 8.98. The summed E-state index contributed by atoms with van der Waals surface area (Å²) in [7, 11) is 0. The molecular formula is C19H21N3OS. The Bertz CT molecular complexity index is 858. The van der Waals surface area contributed by atoms with Crippen LogP contribution in [0.3, 0.4) is 0 Å². The van der Waals surface area contributed by atoms with E-state index in [2.05, 4.69) is 31.0 Å². The van der Waals surface area contributed by atoms with Crippen molar-refractivity contribution in [3.63, 3.8) is 0 Å². The second-order valence-corrected chi connectivity index (χ2v) is 6.95. The summed E-state index contributed by atoms with van der Waals surface area (Å²) < 4.78 is 1.14. The number of rotatable bonds is 5. The molecular weight excluding hydrogens is 318 g/mol. The second kappa shape index (κ2) is 7.09. The highest BCUT2D eigenvalue weighted by Gasteiger charge is 2.20. The molecule has 0 unspecified atom stereocenters. The predicted molar refractivity (Wildman–Crippen MR) is 99.4 cm³/mol. The number of anilines is 1. The molecule has 0 bridgehead atoms. The smallest absolute Gasteiger partial charge is 0.229 e. The minimum Gasteiger partial charge on any atom is -0.282 e. The number of carbonyl (C=O) groups excluding carboxylic acids is 1. The summed E-state index contributed by atoms with van der Waals surface area (Å²) in [5.74, 6) is 0.0941. The van der Waals surface area contributed by atoms with E-state index in [0.29, 0.717) is 13.0 Å². The van der Waals surface area contributed by atoms with Gasteiger partial charge in [-0.25, -0.2) is 4.98 Å². The van der Waals surface area contributed by atoms with Crippen LogP contribution in [-0.2, 0) is 11.3 Å². The first-order chi connectivity index (χ1) is 11.6. The van der Waals surface area contributed by atoms with E-state index >= 15 is 0 Å². The van der Waals surface area contributed by atoms with E-state index in [1.54, 1.807) is 22.4 Å². The van der Waals surface area contributed by atoms with E-state index in [1.165, 1.54) is 11.1 Å². The Balaban J connectivity index is 2.01. The van der Waals surface area contributed by atoms with Crippen molar-refractivity contribution in [2.24, 2.45) is 0 Å². The van der Waals surface area contributed by atoms with E-state index in [4.69, 9.17) is 4.98 Å². The fraction of sp³-hybridized carbons (Fsp3) is 0.316. The van der Waals surface area contributed by atoms with Crippen LogP contribution in [0, 0.1) is 13.8 Å². The highest BCUT2D eigenvalue weighted by atomic mass is 32.1. The number of thiazole rings is 1. The van der Waals surface area contributed by atoms with Gasteiger partial charge in [0, 0.05) is 12.6 Å². The molecule has 0 aliphatic rings. The number of aromatic nitrogens is 2. The zero-order chi connectivity index (χ0) is 17.1. The lowest BCUT2D eigenvalue weighted by atomic mass is 10.1. The van der Waals surface area contributed by atoms with Gasteiger partial charge in [0.05, 0.1) is 22.5 Å². The van der Waals surface area contributed by atoms with Gasteiger partial charge < -0.3 is 0 Å². The van der Waals surface area contributed by atoms with E-state index < -0.39 is 0 Å². The molecule has 0 saturated carbocycles. The Morgan fingerprint density at radius 2 is 2.08 bits per heavy atom. The minimum absolute atomic E-state index is 0.0941. The van der Waals surface area contributed by atoms with Crippen molar-refractivity contribution in [3.05, 3.63) is 53.3 Å². The fourth-order valence-electron chi connectivity index (χ4n) is 2.75. The maximum Gasteiger partial charge on any atom is 0.229 e. The van der Waals surface area contributed by atoms with Crippen molar-refractivity contribution in [3.8, 4) is 0 Å². The van der Waals surface area contributed by atoms with E-state index in [0.717, 1.165) is 27.5 Å². The Kier molecular flexibility index (Phi) is 4.90. The average Bonchev–Trinajstić information content (AvgIpc) is 2.97. The summed E-state index contributed by atoms with van der Waals surface area (Å²) in [5.41, 5.74) is 4.22. The third-order valence-corrected chi connectivity index (χ3v) is 5.08. The highest BCUT2D eigenvalue weighted by Crippen LogP contribution is 2.33. The van der Waals surface area contributed by atoms with Crippen molar-refractivity contribution >= 4 is 32.6 Å². The standard InChI is InChI=1S/C19H21N3OS/c1-4-7-17(23)22(12-15-8-5-6-9-20-15)19-21-16-11-13(2)10-14(3)18(16)24-19/h5-6,8-11H,4,7,12H2,1-3H3. The number of hydrogen-bond acceptors (Lipinski definition) is 4. The summed E-state index contributed by atoms with van der Waals surface area (Å²) in [5, 5.41) is 0.753. The van der Waals surface area contributed by atoms with E-state index in [-0.39, 0.29) is 5.91 Å². The molecule has 3 rings (SSSR count). The predicted octanol–water partition coefficient (Wildman–Crippen LogP) is 4.64. The van der Waals surface area contributed by atoms with Crippen LogP contribution >= 0.6 is 11.3 Å². The molecule has 24 heavy (non-hydrogen) atoms. The van der Waals surface area contributed by atoms with Crippen LogP contribution in [-0.4, -0.2) is 15.9 Å². The normalized spacial score (nSPS) is 11.0. The number of carbonyl (C=O) groups is 1. The molecule has 5 heteroatoms. The monoisotopic (exact) mass is 339 g/mol. The van der Waals surface area contributed by atoms with Crippen molar-refractivity contribution < 1.29 is 4.79 Å². The molecule has 1 amide bonds. The van der Waals surface area contributed by atoms with Gasteiger partial charge in [0.25, 0.3) is 0 Å². The molecule has 3 aromatic rings. The van der Waals surface area contributed by atoms with Gasteiger partial charge in [-0.15, -0.1) is 0 Å². The first-order valence-electron chi connectivity index (χ1n) is 8.16. The number of hydrogen-bond donors (Lipinski definition) is 0. The van der Waals surface area contributed by atoms with Gasteiger partial charge >= 0.3 is 0 Å². The summed E-state index contributed by atoms with van der Waals surface area (Å²) in [6.07, 6.45) is 3.09. The molecule has 0 saturated heterocycles. The van der Waals surface area contributed by atoms with E-state index in [1.807, 2.05) is 25.1 Å². The summed E-state index contributed by atoms with van der Waals surface area (Å²) in [4.78, 5) is 23.5. The fourth-order valence-corrected chi connectivity index (χ4v) is 3.78. The Labute approximate surface area is 146 Å². The van der Waals surface area contributed by atoms with Crippen molar-refractivity contribution in [1.82, 2.24) is 9.97 Å². The van der Waals surface area contributed by atoms with E-state index in [9.17, 15) is 4.79 Å². The van der Waals surface area contributed by atoms with Crippen molar-refractivity contribution in [2.75, 3.05) is 4.90 Å². The summed E-state index contributed by atoms with van der Waals surface area (Å²) in [6, 6.07) is 9.99. The van der Waals surface area contributed by atoms with Gasteiger partial charge in [-0.2, -0.15) is 0 Å². The van der Waals surface area contributed by atoms with Crippen molar-refractivity contribution in [1.29, 1.82) is 0 Å². The molecule has 0 spiro atoms. The van der Waals surface area contributed by atoms with Gasteiger partial charge in [0.1, 0.15) is 0 Å². The molecule has 1 aromatic carbocycles. The van der Waals surface area contributed by atoms with Crippen LogP contribution in [0.15, 0.2) is 36.5 Å². The lowest BCUT2D eigenvalue weighted by Gasteiger charge is -2.19.